The van der Waals surface area contributed by atoms with Gasteiger partial charge in [0.05, 0.1) is 27.2 Å². The summed E-state index contributed by atoms with van der Waals surface area (Å²) in [7, 11) is -2.76. The highest BCUT2D eigenvalue weighted by Crippen LogP contribution is 2.40. The summed E-state index contributed by atoms with van der Waals surface area (Å²) in [5, 5.41) is 7.71. The minimum Gasteiger partial charge on any atom is -0.456 e. The van der Waals surface area contributed by atoms with Crippen molar-refractivity contribution in [1.82, 2.24) is 4.57 Å². The summed E-state index contributed by atoms with van der Waals surface area (Å²) in [6.07, 6.45) is 0. The molecule has 0 fully saturated rings. The Bertz CT molecular complexity index is 3790. The van der Waals surface area contributed by atoms with E-state index in [1.54, 1.807) is 0 Å². The second-order valence-corrected chi connectivity index (χ2v) is 31.2. The first-order valence-corrected chi connectivity index (χ1v) is 31.8. The summed E-state index contributed by atoms with van der Waals surface area (Å²) >= 11 is 0. The predicted molar refractivity (Wildman–Crippen MR) is 310 cm³/mol. The second kappa shape index (κ2) is 17.5. The van der Waals surface area contributed by atoms with Crippen molar-refractivity contribution in [3.63, 3.8) is 0 Å². The molecule has 0 aliphatic heterocycles. The van der Waals surface area contributed by atoms with Crippen LogP contribution in [0.5, 0.6) is 0 Å². The Labute approximate surface area is 418 Å². The van der Waals surface area contributed by atoms with E-state index in [0.717, 1.165) is 55.8 Å². The van der Waals surface area contributed by atoms with E-state index in [-0.39, 0.29) is 0 Å². The number of furan rings is 1. The fraction of sp³-hybridized carbons (Fsp3) is 0.0909. The fourth-order valence-corrected chi connectivity index (χ4v) is 12.7. The van der Waals surface area contributed by atoms with Crippen LogP contribution in [-0.2, 0) is 0 Å². The number of anilines is 3. The number of hydrogen-bond donors (Lipinski definition) is 0. The Morgan fingerprint density at radius 1 is 0.310 bits per heavy atom. The highest BCUT2D eigenvalue weighted by molar-refractivity contribution is 6.89. The first-order chi connectivity index (χ1) is 34.4. The van der Waals surface area contributed by atoms with Crippen molar-refractivity contribution in [2.24, 2.45) is 0 Å². The minimum absolute atomic E-state index is 0.909. The van der Waals surface area contributed by atoms with Crippen LogP contribution in [-0.4, -0.2) is 20.7 Å². The average molecular weight is 949 g/mol. The van der Waals surface area contributed by atoms with Gasteiger partial charge in [0, 0.05) is 44.3 Å². The Morgan fingerprint density at radius 3 is 1.21 bits per heavy atom. The third-order valence-electron chi connectivity index (χ3n) is 14.4. The van der Waals surface area contributed by atoms with Crippen LogP contribution in [0.25, 0.3) is 93.9 Å². The van der Waals surface area contributed by atoms with Crippen molar-refractivity contribution in [1.29, 1.82) is 0 Å². The second-order valence-electron chi connectivity index (χ2n) is 21.1. The van der Waals surface area contributed by atoms with Crippen LogP contribution in [0.3, 0.4) is 0 Å². The standard InChI is InChI=1S/C66H56N2OSi2/c1-70(2,3)57-37-23-47(24-38-57)45-15-29-53(30-16-45)67(54-31-17-46(18-32-54)48-25-39-58(40-26-48)71(4,5)6)55-33-19-49(20-34-55)51-28-42-64-62(43-51)59-11-7-9-13-63(59)68(64)56-35-21-50(22-36-56)52-27-41-61-60-12-8-10-14-65(60)69-66(61)44-52/h7-44H,1-6H3. The van der Waals surface area contributed by atoms with Crippen LogP contribution in [0.4, 0.5) is 17.1 Å². The van der Waals surface area contributed by atoms with Crippen molar-refractivity contribution >= 4 is 87.3 Å². The van der Waals surface area contributed by atoms with Gasteiger partial charge in [-0.25, -0.2) is 0 Å². The molecule has 3 nitrogen and oxygen atoms in total. The largest absolute Gasteiger partial charge is 0.456 e. The SMILES string of the molecule is C[Si](C)(C)c1ccc(-c2ccc(N(c3ccc(-c4ccc([Si](C)(C)C)cc4)cc3)c3ccc(-c4ccc5c(c4)c4ccccc4n5-c4ccc(-c5ccc6c(c5)oc5ccccc56)cc4)cc3)cc2)cc1. The highest BCUT2D eigenvalue weighted by Gasteiger charge is 2.20. The van der Waals surface area contributed by atoms with E-state index in [2.05, 4.69) is 267 Å². The number of aromatic nitrogens is 1. The van der Waals surface area contributed by atoms with Gasteiger partial charge < -0.3 is 13.9 Å². The van der Waals surface area contributed by atoms with E-state index in [4.69, 9.17) is 4.42 Å². The number of benzene rings is 10. The zero-order valence-corrected chi connectivity index (χ0v) is 43.2. The maximum atomic E-state index is 6.23. The maximum Gasteiger partial charge on any atom is 0.136 e. The first-order valence-electron chi connectivity index (χ1n) is 24.8. The summed E-state index contributed by atoms with van der Waals surface area (Å²) in [4.78, 5) is 2.37. The molecule has 0 saturated carbocycles. The molecule has 12 rings (SSSR count). The van der Waals surface area contributed by atoms with Crippen molar-refractivity contribution < 1.29 is 4.42 Å². The van der Waals surface area contributed by atoms with E-state index >= 15 is 0 Å². The summed E-state index contributed by atoms with van der Waals surface area (Å²) in [5.41, 5.74) is 18.2. The molecule has 0 radical (unpaired) electrons. The first kappa shape index (κ1) is 44.3. The quantitative estimate of drug-likeness (QED) is 0.127. The molecule has 0 unspecified atom stereocenters. The molecule has 10 aromatic carbocycles. The van der Waals surface area contributed by atoms with Gasteiger partial charge in [-0.15, -0.1) is 0 Å². The monoisotopic (exact) mass is 948 g/mol. The van der Waals surface area contributed by atoms with E-state index in [9.17, 15) is 0 Å². The lowest BCUT2D eigenvalue weighted by Gasteiger charge is -2.26. The third kappa shape index (κ3) is 8.31. The number of nitrogens with zero attached hydrogens (tertiary/aromatic N) is 2. The lowest BCUT2D eigenvalue weighted by Crippen LogP contribution is -2.37. The third-order valence-corrected chi connectivity index (χ3v) is 18.5. The van der Waals surface area contributed by atoms with Crippen LogP contribution in [0.1, 0.15) is 0 Å². The molecular formula is C66H56N2OSi2. The van der Waals surface area contributed by atoms with E-state index in [1.165, 1.54) is 65.6 Å². The molecule has 2 heterocycles. The lowest BCUT2D eigenvalue weighted by molar-refractivity contribution is 0.669. The summed E-state index contributed by atoms with van der Waals surface area (Å²) in [5.74, 6) is 0. The topological polar surface area (TPSA) is 21.3 Å². The number of hydrogen-bond acceptors (Lipinski definition) is 2. The van der Waals surface area contributed by atoms with Crippen LogP contribution < -0.4 is 15.3 Å². The van der Waals surface area contributed by atoms with E-state index in [1.807, 2.05) is 12.1 Å². The van der Waals surface area contributed by atoms with Gasteiger partial charge in [-0.1, -0.05) is 195 Å². The predicted octanol–water partition coefficient (Wildman–Crippen LogP) is 17.9. The van der Waals surface area contributed by atoms with Crippen LogP contribution in [0, 0.1) is 0 Å². The molecule has 0 amide bonds. The molecule has 0 bridgehead atoms. The Morgan fingerprint density at radius 2 is 0.690 bits per heavy atom. The van der Waals surface area contributed by atoms with Gasteiger partial charge in [-0.3, -0.25) is 0 Å². The molecule has 71 heavy (non-hydrogen) atoms. The molecule has 344 valence electrons. The van der Waals surface area contributed by atoms with Crippen molar-refractivity contribution in [3.05, 3.63) is 231 Å². The Hall–Kier alpha value is -7.97. The number of fused-ring (bicyclic) bond motifs is 6. The smallest absolute Gasteiger partial charge is 0.136 e. The number of para-hydroxylation sites is 2. The zero-order valence-electron chi connectivity index (χ0n) is 41.2. The molecule has 0 saturated heterocycles. The molecule has 0 spiro atoms. The molecule has 0 aliphatic carbocycles. The van der Waals surface area contributed by atoms with Crippen LogP contribution >= 0.6 is 0 Å². The molecule has 0 atom stereocenters. The van der Waals surface area contributed by atoms with Crippen LogP contribution in [0.2, 0.25) is 39.3 Å². The van der Waals surface area contributed by atoms with Gasteiger partial charge >= 0.3 is 0 Å². The average Bonchev–Trinajstić information content (AvgIpc) is 3.94. The highest BCUT2D eigenvalue weighted by atomic mass is 28.3. The summed E-state index contributed by atoms with van der Waals surface area (Å²) < 4.78 is 8.63. The molecular weight excluding hydrogens is 893 g/mol. The number of rotatable bonds is 10. The van der Waals surface area contributed by atoms with E-state index < -0.39 is 16.1 Å². The minimum atomic E-state index is -1.38. The molecule has 0 aliphatic rings. The summed E-state index contributed by atoms with van der Waals surface area (Å²) in [6, 6.07) is 85.0. The van der Waals surface area contributed by atoms with Gasteiger partial charge in [-0.2, -0.15) is 0 Å². The molecule has 12 aromatic rings. The van der Waals surface area contributed by atoms with Crippen LogP contribution in [0.15, 0.2) is 235 Å². The Kier molecular flexibility index (Phi) is 10.9. The van der Waals surface area contributed by atoms with Gasteiger partial charge in [0.25, 0.3) is 0 Å². The van der Waals surface area contributed by atoms with Gasteiger partial charge in [0.15, 0.2) is 0 Å². The molecule has 2 aromatic heterocycles. The van der Waals surface area contributed by atoms with E-state index in [0.29, 0.717) is 0 Å². The van der Waals surface area contributed by atoms with Crippen molar-refractivity contribution in [2.45, 2.75) is 39.3 Å². The normalized spacial score (nSPS) is 12.1. The van der Waals surface area contributed by atoms with Gasteiger partial charge in [-0.05, 0) is 129 Å². The van der Waals surface area contributed by atoms with Crippen molar-refractivity contribution in [2.75, 3.05) is 4.90 Å². The fourth-order valence-electron chi connectivity index (χ4n) is 10.3. The van der Waals surface area contributed by atoms with Gasteiger partial charge in [0.1, 0.15) is 11.2 Å². The van der Waals surface area contributed by atoms with Crippen molar-refractivity contribution in [3.8, 4) is 50.2 Å². The maximum absolute atomic E-state index is 6.23. The summed E-state index contributed by atoms with van der Waals surface area (Å²) in [6.45, 7) is 14.4. The van der Waals surface area contributed by atoms with Gasteiger partial charge in [0.2, 0.25) is 0 Å². The lowest BCUT2D eigenvalue weighted by atomic mass is 10.0. The zero-order chi connectivity index (χ0) is 48.4. The Balaban J connectivity index is 0.866. The molecule has 0 N–H and O–H groups in total. The molecule has 5 heteroatoms.